The van der Waals surface area contributed by atoms with Crippen LogP contribution in [-0.4, -0.2) is 23.9 Å². The topological polar surface area (TPSA) is 49.3 Å². The van der Waals surface area contributed by atoms with Gasteiger partial charge in [-0.05, 0) is 31.7 Å². The molecule has 0 bridgehead atoms. The number of aryl methyl sites for hydroxylation is 1. The summed E-state index contributed by atoms with van der Waals surface area (Å²) in [7, 11) is 1.69. The van der Waals surface area contributed by atoms with E-state index in [0.29, 0.717) is 5.75 Å². The number of hydrogen-bond acceptors (Lipinski definition) is 3. The molecule has 1 atom stereocenters. The highest BCUT2D eigenvalue weighted by atomic mass is 32.2. The monoisotopic (exact) mass is 301 g/mol. The number of hydrogen-bond donors (Lipinski definition) is 2. The summed E-state index contributed by atoms with van der Waals surface area (Å²) in [5.41, 5.74) is 0.848. The van der Waals surface area contributed by atoms with Gasteiger partial charge >= 0.3 is 5.97 Å². The van der Waals surface area contributed by atoms with Crippen LogP contribution in [0.3, 0.4) is 0 Å². The number of thioether (sulfide) groups is 1. The van der Waals surface area contributed by atoms with Crippen LogP contribution in [0.2, 0.25) is 0 Å². The van der Waals surface area contributed by atoms with Gasteiger partial charge in [0.25, 0.3) is 0 Å². The molecular formula is C17H19NO2S. The summed E-state index contributed by atoms with van der Waals surface area (Å²) in [6.07, 6.45) is 0. The van der Waals surface area contributed by atoms with Crippen molar-refractivity contribution < 1.29 is 9.90 Å². The van der Waals surface area contributed by atoms with E-state index in [-0.39, 0.29) is 0 Å². The fourth-order valence-corrected chi connectivity index (χ4v) is 3.47. The van der Waals surface area contributed by atoms with Gasteiger partial charge in [0.05, 0.1) is 0 Å². The summed E-state index contributed by atoms with van der Waals surface area (Å²) in [6, 6.07) is 17.4. The fraction of sp³-hybridized carbons (Fsp3) is 0.235. The summed E-state index contributed by atoms with van der Waals surface area (Å²) < 4.78 is 0. The summed E-state index contributed by atoms with van der Waals surface area (Å²) in [5.74, 6) is -0.442. The number of rotatable bonds is 6. The molecule has 0 aromatic heterocycles. The number of carboxylic acids is 1. The molecule has 0 saturated heterocycles. The lowest BCUT2D eigenvalue weighted by atomic mass is 9.92. The van der Waals surface area contributed by atoms with Crippen LogP contribution in [0.4, 0.5) is 0 Å². The molecule has 2 N–H and O–H groups in total. The lowest BCUT2D eigenvalue weighted by Crippen LogP contribution is -2.49. The molecule has 0 aliphatic rings. The van der Waals surface area contributed by atoms with E-state index in [0.717, 1.165) is 10.5 Å². The fourth-order valence-electron chi connectivity index (χ4n) is 2.21. The summed E-state index contributed by atoms with van der Waals surface area (Å²) in [5, 5.41) is 12.7. The largest absolute Gasteiger partial charge is 0.480 e. The third-order valence-electron chi connectivity index (χ3n) is 3.50. The predicted molar refractivity (Wildman–Crippen MR) is 86.7 cm³/mol. The van der Waals surface area contributed by atoms with Crippen molar-refractivity contribution in [1.82, 2.24) is 5.32 Å². The van der Waals surface area contributed by atoms with Crippen LogP contribution in [0.15, 0.2) is 59.5 Å². The van der Waals surface area contributed by atoms with Crippen LogP contribution in [0.25, 0.3) is 0 Å². The normalized spacial score (nSPS) is 13.6. The van der Waals surface area contributed by atoms with Crippen molar-refractivity contribution >= 4 is 17.7 Å². The molecule has 0 saturated carbocycles. The minimum Gasteiger partial charge on any atom is -0.480 e. The van der Waals surface area contributed by atoms with Gasteiger partial charge in [-0.1, -0.05) is 48.0 Å². The van der Waals surface area contributed by atoms with E-state index in [1.54, 1.807) is 18.8 Å². The van der Waals surface area contributed by atoms with Gasteiger partial charge in [-0.25, -0.2) is 4.79 Å². The molecule has 1 unspecified atom stereocenters. The zero-order chi connectivity index (χ0) is 15.3. The highest BCUT2D eigenvalue weighted by Gasteiger charge is 2.38. The summed E-state index contributed by atoms with van der Waals surface area (Å²) in [4.78, 5) is 12.9. The Kier molecular flexibility index (Phi) is 5.04. The molecule has 0 spiro atoms. The van der Waals surface area contributed by atoms with Gasteiger partial charge in [-0.15, -0.1) is 11.8 Å². The van der Waals surface area contributed by atoms with Crippen LogP contribution < -0.4 is 5.32 Å². The Hall–Kier alpha value is -1.78. The Morgan fingerprint density at radius 1 is 1.19 bits per heavy atom. The van der Waals surface area contributed by atoms with Crippen molar-refractivity contribution in [3.8, 4) is 0 Å². The number of aliphatic carboxylic acids is 1. The van der Waals surface area contributed by atoms with Crippen molar-refractivity contribution in [2.75, 3.05) is 12.8 Å². The zero-order valence-corrected chi connectivity index (χ0v) is 13.0. The standard InChI is InChI=1S/C17H19NO2S/c1-13-7-6-10-15(11-13)21-12-17(18-2,16(19)20)14-8-4-3-5-9-14/h3-11,18H,12H2,1-2H3,(H,19,20). The van der Waals surface area contributed by atoms with E-state index in [1.807, 2.05) is 55.5 Å². The van der Waals surface area contributed by atoms with E-state index in [1.165, 1.54) is 5.56 Å². The maximum absolute atomic E-state index is 11.9. The maximum Gasteiger partial charge on any atom is 0.329 e. The smallest absolute Gasteiger partial charge is 0.329 e. The van der Waals surface area contributed by atoms with E-state index in [4.69, 9.17) is 0 Å². The third-order valence-corrected chi connectivity index (χ3v) is 4.67. The average Bonchev–Trinajstić information content (AvgIpc) is 2.49. The van der Waals surface area contributed by atoms with Gasteiger partial charge in [0.1, 0.15) is 0 Å². The quantitative estimate of drug-likeness (QED) is 0.804. The molecule has 21 heavy (non-hydrogen) atoms. The zero-order valence-electron chi connectivity index (χ0n) is 12.2. The SMILES string of the molecule is CNC(CSc1cccc(C)c1)(C(=O)O)c1ccccc1. The van der Waals surface area contributed by atoms with Gasteiger partial charge in [-0.2, -0.15) is 0 Å². The molecule has 2 aromatic carbocycles. The molecule has 0 amide bonds. The van der Waals surface area contributed by atoms with Crippen molar-refractivity contribution in [3.63, 3.8) is 0 Å². The lowest BCUT2D eigenvalue weighted by molar-refractivity contribution is -0.144. The summed E-state index contributed by atoms with van der Waals surface area (Å²) in [6.45, 7) is 2.03. The van der Waals surface area contributed by atoms with Crippen LogP contribution in [0.1, 0.15) is 11.1 Å². The molecule has 110 valence electrons. The Labute approximate surface area is 129 Å². The first-order valence-corrected chi connectivity index (χ1v) is 7.74. The number of benzene rings is 2. The first-order chi connectivity index (χ1) is 10.1. The van der Waals surface area contributed by atoms with E-state index < -0.39 is 11.5 Å². The second-order valence-corrected chi connectivity index (χ2v) is 5.98. The minimum atomic E-state index is -1.09. The molecule has 0 fully saturated rings. The van der Waals surface area contributed by atoms with Gasteiger partial charge in [0, 0.05) is 10.6 Å². The highest BCUT2D eigenvalue weighted by Crippen LogP contribution is 2.30. The van der Waals surface area contributed by atoms with Gasteiger partial charge in [-0.3, -0.25) is 0 Å². The van der Waals surface area contributed by atoms with Crippen molar-refractivity contribution in [1.29, 1.82) is 0 Å². The van der Waals surface area contributed by atoms with E-state index in [2.05, 4.69) is 11.4 Å². The number of carboxylic acid groups (broad SMARTS) is 1. The van der Waals surface area contributed by atoms with E-state index >= 15 is 0 Å². The average molecular weight is 301 g/mol. The lowest BCUT2D eigenvalue weighted by Gasteiger charge is -2.29. The molecule has 0 aliphatic heterocycles. The molecule has 0 aliphatic carbocycles. The maximum atomic E-state index is 11.9. The van der Waals surface area contributed by atoms with Gasteiger partial charge in [0.2, 0.25) is 0 Å². The van der Waals surface area contributed by atoms with Gasteiger partial charge < -0.3 is 10.4 Å². The van der Waals surface area contributed by atoms with E-state index in [9.17, 15) is 9.90 Å². The molecule has 0 radical (unpaired) electrons. The second-order valence-electron chi connectivity index (χ2n) is 4.93. The minimum absolute atomic E-state index is 0.423. The van der Waals surface area contributed by atoms with Crippen LogP contribution in [0, 0.1) is 6.92 Å². The van der Waals surface area contributed by atoms with Crippen molar-refractivity contribution in [3.05, 3.63) is 65.7 Å². The summed E-state index contributed by atoms with van der Waals surface area (Å²) >= 11 is 1.55. The second kappa shape index (κ2) is 6.78. The molecule has 3 nitrogen and oxygen atoms in total. The third kappa shape index (κ3) is 3.46. The molecule has 4 heteroatoms. The molecule has 2 rings (SSSR count). The number of nitrogens with one attached hydrogen (secondary N) is 1. The number of likely N-dealkylation sites (N-methyl/N-ethyl adjacent to an activating group) is 1. The van der Waals surface area contributed by atoms with Crippen LogP contribution in [0.5, 0.6) is 0 Å². The Morgan fingerprint density at radius 3 is 2.48 bits per heavy atom. The van der Waals surface area contributed by atoms with Crippen molar-refractivity contribution in [2.45, 2.75) is 17.4 Å². The first kappa shape index (κ1) is 15.6. The Balaban J connectivity index is 2.27. The highest BCUT2D eigenvalue weighted by molar-refractivity contribution is 7.99. The molecule has 2 aromatic rings. The van der Waals surface area contributed by atoms with Crippen LogP contribution in [-0.2, 0) is 10.3 Å². The molecule has 0 heterocycles. The number of carbonyl (C=O) groups is 1. The van der Waals surface area contributed by atoms with Crippen molar-refractivity contribution in [2.24, 2.45) is 0 Å². The van der Waals surface area contributed by atoms with Crippen LogP contribution >= 0.6 is 11.8 Å². The molecular weight excluding hydrogens is 282 g/mol. The Bertz CT molecular complexity index is 615. The first-order valence-electron chi connectivity index (χ1n) is 6.76. The van der Waals surface area contributed by atoms with Gasteiger partial charge in [0.15, 0.2) is 5.54 Å². The Morgan fingerprint density at radius 2 is 1.90 bits per heavy atom. The predicted octanol–water partition coefficient (Wildman–Crippen LogP) is 3.29.